The number of carbonyl (C=O) groups is 1. The lowest BCUT2D eigenvalue weighted by Crippen LogP contribution is -2.22. The molecule has 1 unspecified atom stereocenters. The van der Waals surface area contributed by atoms with Gasteiger partial charge in [0.15, 0.2) is 0 Å². The molecular formula is C9H17NO2. The van der Waals surface area contributed by atoms with E-state index < -0.39 is 0 Å². The van der Waals surface area contributed by atoms with E-state index in [9.17, 15) is 4.79 Å². The van der Waals surface area contributed by atoms with Crippen molar-refractivity contribution in [1.82, 2.24) is 5.32 Å². The van der Waals surface area contributed by atoms with Crippen LogP contribution in [0.2, 0.25) is 0 Å². The monoisotopic (exact) mass is 171 g/mol. The fourth-order valence-corrected chi connectivity index (χ4v) is 1.58. The minimum absolute atomic E-state index is 0.0799. The lowest BCUT2D eigenvalue weighted by atomic mass is 10.0. The fourth-order valence-electron chi connectivity index (χ4n) is 1.58. The van der Waals surface area contributed by atoms with Crippen LogP contribution in [-0.2, 0) is 9.53 Å². The highest BCUT2D eigenvalue weighted by molar-refractivity contribution is 5.69. The molecule has 1 N–H and O–H groups in total. The number of ether oxygens (including phenoxy) is 1. The normalized spacial score (nSPS) is 24.6. The second-order valence-electron chi connectivity index (χ2n) is 3.35. The molecule has 0 saturated carbocycles. The minimum atomic E-state index is -0.0799. The van der Waals surface area contributed by atoms with Crippen LogP contribution in [-0.4, -0.2) is 26.2 Å². The highest BCUT2D eigenvalue weighted by Crippen LogP contribution is 2.14. The van der Waals surface area contributed by atoms with E-state index in [-0.39, 0.29) is 5.97 Å². The minimum Gasteiger partial charge on any atom is -0.469 e. The van der Waals surface area contributed by atoms with Crippen molar-refractivity contribution in [3.8, 4) is 0 Å². The van der Waals surface area contributed by atoms with Gasteiger partial charge in [-0.05, 0) is 31.8 Å². The average Bonchev–Trinajstić information content (AvgIpc) is 2.33. The molecule has 3 nitrogen and oxygen atoms in total. The van der Waals surface area contributed by atoms with Gasteiger partial charge in [-0.2, -0.15) is 0 Å². The molecule has 0 bridgehead atoms. The summed E-state index contributed by atoms with van der Waals surface area (Å²) in [7, 11) is 1.45. The van der Waals surface area contributed by atoms with Gasteiger partial charge in [-0.15, -0.1) is 0 Å². The summed E-state index contributed by atoms with van der Waals surface area (Å²) in [5.41, 5.74) is 0. The van der Waals surface area contributed by atoms with Gasteiger partial charge in [0.05, 0.1) is 7.11 Å². The van der Waals surface area contributed by atoms with Crippen molar-refractivity contribution in [3.05, 3.63) is 0 Å². The molecule has 0 aliphatic carbocycles. The van der Waals surface area contributed by atoms with E-state index in [1.807, 2.05) is 0 Å². The van der Waals surface area contributed by atoms with Gasteiger partial charge in [0.2, 0.25) is 0 Å². The van der Waals surface area contributed by atoms with Gasteiger partial charge in [0, 0.05) is 6.42 Å². The molecular weight excluding hydrogens is 154 g/mol. The molecule has 1 rings (SSSR count). The molecule has 0 radical (unpaired) electrons. The molecule has 0 aromatic heterocycles. The van der Waals surface area contributed by atoms with Gasteiger partial charge >= 0.3 is 5.97 Å². The molecule has 0 spiro atoms. The molecule has 0 aromatic rings. The highest BCUT2D eigenvalue weighted by Gasteiger charge is 2.15. The van der Waals surface area contributed by atoms with Crippen LogP contribution in [0.4, 0.5) is 0 Å². The highest BCUT2D eigenvalue weighted by atomic mass is 16.5. The standard InChI is InChI=1S/C9H17NO2/c1-12-9(11)6-8-4-2-3-5-10-7-8/h8,10H,2-7H2,1H3. The van der Waals surface area contributed by atoms with E-state index in [4.69, 9.17) is 0 Å². The van der Waals surface area contributed by atoms with Crippen molar-refractivity contribution >= 4 is 5.97 Å². The van der Waals surface area contributed by atoms with Gasteiger partial charge < -0.3 is 10.1 Å². The van der Waals surface area contributed by atoms with E-state index in [1.165, 1.54) is 20.0 Å². The third kappa shape index (κ3) is 3.22. The Kier molecular flexibility index (Phi) is 4.08. The molecule has 1 heterocycles. The third-order valence-electron chi connectivity index (χ3n) is 2.33. The number of hydrogen-bond donors (Lipinski definition) is 1. The molecule has 1 atom stereocenters. The Morgan fingerprint density at radius 3 is 3.17 bits per heavy atom. The van der Waals surface area contributed by atoms with E-state index in [2.05, 4.69) is 10.1 Å². The second kappa shape index (κ2) is 5.14. The smallest absolute Gasteiger partial charge is 0.305 e. The zero-order valence-electron chi connectivity index (χ0n) is 7.64. The maximum Gasteiger partial charge on any atom is 0.305 e. The van der Waals surface area contributed by atoms with Gasteiger partial charge in [-0.3, -0.25) is 4.79 Å². The lowest BCUT2D eigenvalue weighted by molar-refractivity contribution is -0.141. The van der Waals surface area contributed by atoms with E-state index in [0.717, 1.165) is 19.5 Å². The number of rotatable bonds is 2. The van der Waals surface area contributed by atoms with Gasteiger partial charge in [0.1, 0.15) is 0 Å². The Morgan fingerprint density at radius 2 is 2.42 bits per heavy atom. The zero-order valence-corrected chi connectivity index (χ0v) is 7.64. The Bertz CT molecular complexity index is 139. The van der Waals surface area contributed by atoms with Crippen molar-refractivity contribution in [1.29, 1.82) is 0 Å². The van der Waals surface area contributed by atoms with Crippen LogP contribution >= 0.6 is 0 Å². The largest absolute Gasteiger partial charge is 0.469 e. The van der Waals surface area contributed by atoms with E-state index in [0.29, 0.717) is 12.3 Å². The fraction of sp³-hybridized carbons (Fsp3) is 0.889. The maximum absolute atomic E-state index is 10.9. The molecule has 1 aliphatic rings. The van der Waals surface area contributed by atoms with E-state index in [1.54, 1.807) is 0 Å². The summed E-state index contributed by atoms with van der Waals surface area (Å²) < 4.78 is 4.63. The molecule has 1 saturated heterocycles. The quantitative estimate of drug-likeness (QED) is 0.628. The third-order valence-corrected chi connectivity index (χ3v) is 2.33. The maximum atomic E-state index is 10.9. The van der Waals surface area contributed by atoms with Crippen LogP contribution in [0, 0.1) is 5.92 Å². The SMILES string of the molecule is COC(=O)CC1CCCCNC1. The Balaban J connectivity index is 2.24. The first-order chi connectivity index (χ1) is 5.83. The molecule has 3 heteroatoms. The molecule has 70 valence electrons. The number of carbonyl (C=O) groups excluding carboxylic acids is 1. The van der Waals surface area contributed by atoms with Crippen molar-refractivity contribution in [2.24, 2.45) is 5.92 Å². The number of esters is 1. The van der Waals surface area contributed by atoms with Crippen molar-refractivity contribution < 1.29 is 9.53 Å². The molecule has 1 fully saturated rings. The van der Waals surface area contributed by atoms with Crippen LogP contribution < -0.4 is 5.32 Å². The Labute approximate surface area is 73.5 Å². The number of methoxy groups -OCH3 is 1. The Hall–Kier alpha value is -0.570. The van der Waals surface area contributed by atoms with Crippen molar-refractivity contribution in [3.63, 3.8) is 0 Å². The van der Waals surface area contributed by atoms with Gasteiger partial charge in [-0.1, -0.05) is 6.42 Å². The molecule has 0 aromatic carbocycles. The summed E-state index contributed by atoms with van der Waals surface area (Å²) in [6, 6.07) is 0. The number of nitrogens with one attached hydrogen (secondary N) is 1. The molecule has 1 aliphatic heterocycles. The lowest BCUT2D eigenvalue weighted by Gasteiger charge is -2.11. The number of hydrogen-bond acceptors (Lipinski definition) is 3. The van der Waals surface area contributed by atoms with Crippen LogP contribution in [0.3, 0.4) is 0 Å². The summed E-state index contributed by atoms with van der Waals surface area (Å²) in [6.07, 6.45) is 4.19. The summed E-state index contributed by atoms with van der Waals surface area (Å²) in [5, 5.41) is 3.32. The van der Waals surface area contributed by atoms with E-state index >= 15 is 0 Å². The van der Waals surface area contributed by atoms with Crippen LogP contribution in [0.5, 0.6) is 0 Å². The summed E-state index contributed by atoms with van der Waals surface area (Å²) >= 11 is 0. The summed E-state index contributed by atoms with van der Waals surface area (Å²) in [6.45, 7) is 2.06. The average molecular weight is 171 g/mol. The first kappa shape index (κ1) is 9.52. The topological polar surface area (TPSA) is 38.3 Å². The Morgan fingerprint density at radius 1 is 1.58 bits per heavy atom. The predicted octanol–water partition coefficient (Wildman–Crippen LogP) is 0.939. The predicted molar refractivity (Wildman–Crippen MR) is 46.8 cm³/mol. The van der Waals surface area contributed by atoms with Crippen molar-refractivity contribution in [2.75, 3.05) is 20.2 Å². The first-order valence-electron chi connectivity index (χ1n) is 4.60. The molecule has 12 heavy (non-hydrogen) atoms. The second-order valence-corrected chi connectivity index (χ2v) is 3.35. The first-order valence-corrected chi connectivity index (χ1v) is 4.60. The summed E-state index contributed by atoms with van der Waals surface area (Å²) in [4.78, 5) is 10.9. The van der Waals surface area contributed by atoms with Crippen molar-refractivity contribution in [2.45, 2.75) is 25.7 Å². The molecule has 0 amide bonds. The van der Waals surface area contributed by atoms with Crippen LogP contribution in [0.25, 0.3) is 0 Å². The van der Waals surface area contributed by atoms with Gasteiger partial charge in [0.25, 0.3) is 0 Å². The van der Waals surface area contributed by atoms with Gasteiger partial charge in [-0.25, -0.2) is 0 Å². The van der Waals surface area contributed by atoms with Crippen LogP contribution in [0.15, 0.2) is 0 Å². The zero-order chi connectivity index (χ0) is 8.81. The van der Waals surface area contributed by atoms with Crippen LogP contribution in [0.1, 0.15) is 25.7 Å². The summed E-state index contributed by atoms with van der Waals surface area (Å²) in [5.74, 6) is 0.406.